The molecule has 2 aromatic carbocycles. The van der Waals surface area contributed by atoms with Crippen LogP contribution in [0, 0.1) is 0 Å². The summed E-state index contributed by atoms with van der Waals surface area (Å²) in [7, 11) is 0. The maximum absolute atomic E-state index is 9.62. The van der Waals surface area contributed by atoms with Crippen LogP contribution in [0.5, 0.6) is 5.75 Å². The predicted molar refractivity (Wildman–Crippen MR) is 130 cm³/mol. The first-order chi connectivity index (χ1) is 14.2. The molecular formula is C23H31IN4O2. The molecule has 1 atom stereocenters. The average molecular weight is 522 g/mol. The number of guanidine groups is 1. The summed E-state index contributed by atoms with van der Waals surface area (Å²) in [5, 5.41) is 13.0. The van der Waals surface area contributed by atoms with E-state index in [2.05, 4.69) is 45.5 Å². The lowest BCUT2D eigenvalue weighted by Gasteiger charge is -2.29. The van der Waals surface area contributed by atoms with Crippen LogP contribution in [0.1, 0.15) is 42.0 Å². The Balaban J connectivity index is 0.00000256. The maximum Gasteiger partial charge on any atom is 0.189 e. The van der Waals surface area contributed by atoms with E-state index in [0.29, 0.717) is 19.1 Å². The molecule has 1 unspecified atom stereocenters. The summed E-state index contributed by atoms with van der Waals surface area (Å²) >= 11 is 0. The Hall–Kier alpha value is -1.84. The number of fused-ring (bicyclic) bond motifs is 1. The smallest absolute Gasteiger partial charge is 0.189 e. The van der Waals surface area contributed by atoms with Gasteiger partial charge in [-0.05, 0) is 30.0 Å². The molecule has 0 saturated carbocycles. The Morgan fingerprint density at radius 1 is 1.07 bits per heavy atom. The van der Waals surface area contributed by atoms with E-state index < -0.39 is 0 Å². The zero-order valence-electron chi connectivity index (χ0n) is 17.2. The number of benzene rings is 2. The molecule has 4 N–H and O–H groups in total. The molecule has 2 aliphatic heterocycles. The SMILES string of the molecule is I.NC(=NCc1ccc(CN2CCC(O)CC2)cc1)NC1CCOc2ccccc21. The number of piperidine rings is 1. The van der Waals surface area contributed by atoms with Gasteiger partial charge < -0.3 is 20.9 Å². The van der Waals surface area contributed by atoms with Crippen LogP contribution in [0.15, 0.2) is 53.5 Å². The van der Waals surface area contributed by atoms with Gasteiger partial charge in [0.05, 0.1) is 25.3 Å². The molecule has 4 rings (SSSR count). The summed E-state index contributed by atoms with van der Waals surface area (Å²) in [6.45, 7) is 4.10. The Morgan fingerprint density at radius 2 is 1.77 bits per heavy atom. The molecule has 30 heavy (non-hydrogen) atoms. The van der Waals surface area contributed by atoms with E-state index in [4.69, 9.17) is 10.5 Å². The first-order valence-electron chi connectivity index (χ1n) is 10.4. The number of hydrogen-bond donors (Lipinski definition) is 3. The molecule has 0 radical (unpaired) electrons. The summed E-state index contributed by atoms with van der Waals surface area (Å²) in [6.07, 6.45) is 2.49. The molecule has 2 heterocycles. The second kappa shape index (κ2) is 11.0. The van der Waals surface area contributed by atoms with Crippen molar-refractivity contribution in [2.45, 2.75) is 44.5 Å². The number of aliphatic hydroxyl groups is 1. The minimum atomic E-state index is -0.125. The Labute approximate surface area is 195 Å². The molecular weight excluding hydrogens is 491 g/mol. The second-order valence-electron chi connectivity index (χ2n) is 7.90. The molecule has 0 spiro atoms. The first kappa shape index (κ1) is 22.8. The van der Waals surface area contributed by atoms with Crippen LogP contribution in [0.3, 0.4) is 0 Å². The molecule has 1 fully saturated rings. The lowest BCUT2D eigenvalue weighted by Crippen LogP contribution is -2.37. The van der Waals surface area contributed by atoms with Crippen LogP contribution in [0.4, 0.5) is 0 Å². The van der Waals surface area contributed by atoms with Crippen molar-refractivity contribution >= 4 is 29.9 Å². The fourth-order valence-corrected chi connectivity index (χ4v) is 3.98. The Morgan fingerprint density at radius 3 is 2.53 bits per heavy atom. The van der Waals surface area contributed by atoms with Crippen LogP contribution in [-0.2, 0) is 13.1 Å². The van der Waals surface area contributed by atoms with Crippen molar-refractivity contribution in [3.63, 3.8) is 0 Å². The number of likely N-dealkylation sites (tertiary alicyclic amines) is 1. The molecule has 0 amide bonds. The van der Waals surface area contributed by atoms with Gasteiger partial charge in [-0.25, -0.2) is 4.99 Å². The average Bonchev–Trinajstić information content (AvgIpc) is 2.75. The van der Waals surface area contributed by atoms with Gasteiger partial charge >= 0.3 is 0 Å². The standard InChI is InChI=1S/C23H30N4O2.HI/c24-23(26-21-11-14-29-22-4-2-1-3-20(21)22)25-15-17-5-7-18(8-6-17)16-27-12-9-19(28)10-13-27;/h1-8,19,21,28H,9-16H2,(H3,24,25,26);1H. The van der Waals surface area contributed by atoms with E-state index in [1.165, 1.54) is 5.56 Å². The number of nitrogens with zero attached hydrogens (tertiary/aromatic N) is 2. The number of hydrogen-bond acceptors (Lipinski definition) is 4. The molecule has 2 aliphatic rings. The highest BCUT2D eigenvalue weighted by molar-refractivity contribution is 14.0. The van der Waals surface area contributed by atoms with Gasteiger partial charge in [0, 0.05) is 31.6 Å². The van der Waals surface area contributed by atoms with Crippen molar-refractivity contribution in [3.05, 3.63) is 65.2 Å². The van der Waals surface area contributed by atoms with Crippen LogP contribution in [-0.4, -0.2) is 41.8 Å². The first-order valence-corrected chi connectivity index (χ1v) is 10.4. The number of para-hydroxylation sites is 1. The molecule has 2 aromatic rings. The quantitative estimate of drug-likeness (QED) is 0.319. The van der Waals surface area contributed by atoms with Crippen molar-refractivity contribution in [1.29, 1.82) is 0 Å². The highest BCUT2D eigenvalue weighted by Gasteiger charge is 2.21. The van der Waals surface area contributed by atoms with Gasteiger partial charge in [0.1, 0.15) is 5.75 Å². The van der Waals surface area contributed by atoms with E-state index in [-0.39, 0.29) is 36.1 Å². The van der Waals surface area contributed by atoms with Gasteiger partial charge in [0.15, 0.2) is 5.96 Å². The third-order valence-corrected chi connectivity index (χ3v) is 5.70. The highest BCUT2D eigenvalue weighted by atomic mass is 127. The van der Waals surface area contributed by atoms with Crippen molar-refractivity contribution < 1.29 is 9.84 Å². The number of rotatable bonds is 5. The van der Waals surface area contributed by atoms with Crippen molar-refractivity contribution in [2.75, 3.05) is 19.7 Å². The molecule has 0 aliphatic carbocycles. The Bertz CT molecular complexity index is 835. The van der Waals surface area contributed by atoms with Gasteiger partial charge in [-0.15, -0.1) is 24.0 Å². The number of ether oxygens (including phenoxy) is 1. The van der Waals surface area contributed by atoms with E-state index in [0.717, 1.165) is 55.8 Å². The normalized spacial score (nSPS) is 20.0. The fourth-order valence-electron chi connectivity index (χ4n) is 3.98. The summed E-state index contributed by atoms with van der Waals surface area (Å²) in [4.78, 5) is 6.92. The maximum atomic E-state index is 9.62. The molecule has 162 valence electrons. The predicted octanol–water partition coefficient (Wildman–Crippen LogP) is 3.19. The van der Waals surface area contributed by atoms with Gasteiger partial charge in [-0.1, -0.05) is 42.5 Å². The van der Waals surface area contributed by atoms with Crippen molar-refractivity contribution in [3.8, 4) is 5.75 Å². The van der Waals surface area contributed by atoms with Crippen LogP contribution < -0.4 is 15.8 Å². The van der Waals surface area contributed by atoms with E-state index >= 15 is 0 Å². The summed E-state index contributed by atoms with van der Waals surface area (Å²) in [5.74, 6) is 1.38. The van der Waals surface area contributed by atoms with Gasteiger partial charge in [0.2, 0.25) is 0 Å². The zero-order valence-corrected chi connectivity index (χ0v) is 19.5. The van der Waals surface area contributed by atoms with E-state index in [1.807, 2.05) is 18.2 Å². The van der Waals surface area contributed by atoms with E-state index in [9.17, 15) is 5.11 Å². The topological polar surface area (TPSA) is 83.1 Å². The van der Waals surface area contributed by atoms with Crippen LogP contribution in [0.2, 0.25) is 0 Å². The largest absolute Gasteiger partial charge is 0.493 e. The number of aliphatic imine (C=N–C) groups is 1. The molecule has 6 nitrogen and oxygen atoms in total. The second-order valence-corrected chi connectivity index (χ2v) is 7.90. The lowest BCUT2D eigenvalue weighted by molar-refractivity contribution is 0.0792. The van der Waals surface area contributed by atoms with Crippen molar-refractivity contribution in [2.24, 2.45) is 10.7 Å². The summed E-state index contributed by atoms with van der Waals surface area (Å²) < 4.78 is 5.70. The van der Waals surface area contributed by atoms with Crippen molar-refractivity contribution in [1.82, 2.24) is 10.2 Å². The minimum absolute atomic E-state index is 0. The third kappa shape index (κ3) is 6.09. The van der Waals surface area contributed by atoms with Gasteiger partial charge in [0.25, 0.3) is 0 Å². The number of halogens is 1. The number of aliphatic hydroxyl groups excluding tert-OH is 1. The highest BCUT2D eigenvalue weighted by Crippen LogP contribution is 2.31. The monoisotopic (exact) mass is 522 g/mol. The van der Waals surface area contributed by atoms with Crippen LogP contribution in [0.25, 0.3) is 0 Å². The minimum Gasteiger partial charge on any atom is -0.493 e. The third-order valence-electron chi connectivity index (χ3n) is 5.70. The molecule has 0 bridgehead atoms. The lowest BCUT2D eigenvalue weighted by atomic mass is 10.0. The van der Waals surface area contributed by atoms with Gasteiger partial charge in [-0.3, -0.25) is 4.90 Å². The molecule has 1 saturated heterocycles. The van der Waals surface area contributed by atoms with E-state index in [1.54, 1.807) is 0 Å². The fraction of sp³-hybridized carbons (Fsp3) is 0.435. The number of nitrogens with two attached hydrogens (primary N) is 1. The summed E-state index contributed by atoms with van der Waals surface area (Å²) in [5.41, 5.74) is 9.71. The zero-order chi connectivity index (χ0) is 20.1. The molecule has 7 heteroatoms. The van der Waals surface area contributed by atoms with Gasteiger partial charge in [-0.2, -0.15) is 0 Å². The Kier molecular flexibility index (Phi) is 8.35. The van der Waals surface area contributed by atoms with Crippen LogP contribution >= 0.6 is 24.0 Å². The number of nitrogens with one attached hydrogen (secondary N) is 1. The summed E-state index contributed by atoms with van der Waals surface area (Å²) in [6, 6.07) is 16.8. The molecule has 0 aromatic heterocycles.